The molecule has 2 nitrogen and oxygen atoms in total. The molecule has 2 heteroatoms. The summed E-state index contributed by atoms with van der Waals surface area (Å²) in [6, 6.07) is 9.76. The summed E-state index contributed by atoms with van der Waals surface area (Å²) in [6.07, 6.45) is 2.34. The van der Waals surface area contributed by atoms with Crippen molar-refractivity contribution in [2.24, 2.45) is 0 Å². The van der Waals surface area contributed by atoms with Crippen LogP contribution in [0.5, 0.6) is 0 Å². The Balaban J connectivity index is 2.43. The Labute approximate surface area is 84.8 Å². The number of aliphatic hydroxyl groups excluding tert-OH is 1. The molecule has 0 fully saturated rings. The fourth-order valence-electron chi connectivity index (χ4n) is 1.13. The highest BCUT2D eigenvalue weighted by Gasteiger charge is 1.93. The third kappa shape index (κ3) is 4.10. The number of hydrogen-bond acceptors (Lipinski definition) is 2. The van der Waals surface area contributed by atoms with Gasteiger partial charge in [-0.05, 0) is 18.6 Å². The van der Waals surface area contributed by atoms with Crippen molar-refractivity contribution in [3.63, 3.8) is 0 Å². The van der Waals surface area contributed by atoms with E-state index in [1.807, 2.05) is 37.3 Å². The molecule has 76 valence electrons. The zero-order valence-electron chi connectivity index (χ0n) is 8.44. The van der Waals surface area contributed by atoms with Crippen molar-refractivity contribution < 1.29 is 9.84 Å². The third-order valence-electron chi connectivity index (χ3n) is 1.84. The molecule has 1 aromatic carbocycles. The molecule has 0 aliphatic heterocycles. The minimum atomic E-state index is 0.365. The van der Waals surface area contributed by atoms with Gasteiger partial charge in [-0.25, -0.2) is 0 Å². The normalized spacial score (nSPS) is 11.6. The molecule has 0 saturated heterocycles. The Kier molecular flexibility index (Phi) is 4.79. The van der Waals surface area contributed by atoms with Gasteiger partial charge in [0.25, 0.3) is 0 Å². The summed E-state index contributed by atoms with van der Waals surface area (Å²) in [7, 11) is 0. The lowest BCUT2D eigenvalue weighted by atomic mass is 10.2. The molecule has 0 saturated carbocycles. The summed E-state index contributed by atoms with van der Waals surface area (Å²) in [4.78, 5) is 0. The second-order valence-corrected chi connectivity index (χ2v) is 2.99. The van der Waals surface area contributed by atoms with E-state index < -0.39 is 0 Å². The molecule has 0 aliphatic rings. The van der Waals surface area contributed by atoms with E-state index in [2.05, 4.69) is 0 Å². The summed E-state index contributed by atoms with van der Waals surface area (Å²) in [5, 5.41) is 9.51. The van der Waals surface area contributed by atoms with Gasteiger partial charge in [0.1, 0.15) is 0 Å². The molecule has 0 radical (unpaired) electrons. The number of benzene rings is 1. The fourth-order valence-corrected chi connectivity index (χ4v) is 1.13. The topological polar surface area (TPSA) is 29.5 Å². The van der Waals surface area contributed by atoms with E-state index in [1.54, 1.807) is 6.08 Å². The van der Waals surface area contributed by atoms with E-state index in [1.165, 1.54) is 0 Å². The highest BCUT2D eigenvalue weighted by molar-refractivity contribution is 5.50. The van der Waals surface area contributed by atoms with Crippen LogP contribution in [0.2, 0.25) is 0 Å². The van der Waals surface area contributed by atoms with Crippen molar-refractivity contribution in [1.82, 2.24) is 0 Å². The maximum absolute atomic E-state index is 9.51. The Bertz CT molecular complexity index is 278. The quantitative estimate of drug-likeness (QED) is 0.574. The third-order valence-corrected chi connectivity index (χ3v) is 1.84. The Morgan fingerprint density at radius 3 is 2.71 bits per heavy atom. The van der Waals surface area contributed by atoms with E-state index in [0.29, 0.717) is 25.4 Å². The predicted molar refractivity (Wildman–Crippen MR) is 58.2 cm³/mol. The summed E-state index contributed by atoms with van der Waals surface area (Å²) in [5.41, 5.74) is 1.02. The first kappa shape index (κ1) is 10.8. The Morgan fingerprint density at radius 1 is 1.36 bits per heavy atom. The predicted octanol–water partition coefficient (Wildman–Crippen LogP) is 3.01. The fraction of sp³-hybridized carbons (Fsp3) is 0.333. The van der Waals surface area contributed by atoms with E-state index in [4.69, 9.17) is 4.74 Å². The van der Waals surface area contributed by atoms with Crippen molar-refractivity contribution in [2.75, 3.05) is 13.2 Å². The SMILES string of the molecule is CCOCCC(O)=Cc1ccccc1. The molecule has 0 atom stereocenters. The standard InChI is InChI=1S/C12H16O2/c1-2-14-9-8-12(13)10-11-6-4-3-5-7-11/h3-7,10,13H,2,8-9H2,1H3. The summed E-state index contributed by atoms with van der Waals surface area (Å²) < 4.78 is 5.14. The monoisotopic (exact) mass is 192 g/mol. The molecule has 0 aliphatic carbocycles. The van der Waals surface area contributed by atoms with Gasteiger partial charge in [0, 0.05) is 13.0 Å². The van der Waals surface area contributed by atoms with E-state index in [-0.39, 0.29) is 0 Å². The maximum Gasteiger partial charge on any atom is 0.0951 e. The van der Waals surface area contributed by atoms with Crippen LogP contribution in [-0.2, 0) is 4.74 Å². The average molecular weight is 192 g/mol. The van der Waals surface area contributed by atoms with E-state index >= 15 is 0 Å². The largest absolute Gasteiger partial charge is 0.512 e. The van der Waals surface area contributed by atoms with Gasteiger partial charge in [0.2, 0.25) is 0 Å². The molecule has 0 unspecified atom stereocenters. The van der Waals surface area contributed by atoms with Crippen LogP contribution in [0.3, 0.4) is 0 Å². The summed E-state index contributed by atoms with van der Waals surface area (Å²) >= 11 is 0. The van der Waals surface area contributed by atoms with Gasteiger partial charge in [-0.1, -0.05) is 30.3 Å². The van der Waals surface area contributed by atoms with Crippen LogP contribution in [0.25, 0.3) is 6.08 Å². The van der Waals surface area contributed by atoms with Crippen LogP contribution in [0.15, 0.2) is 36.1 Å². The molecule has 0 spiro atoms. The average Bonchev–Trinajstić information content (AvgIpc) is 2.20. The van der Waals surface area contributed by atoms with Crippen LogP contribution >= 0.6 is 0 Å². The Hall–Kier alpha value is -1.28. The van der Waals surface area contributed by atoms with Crippen molar-refractivity contribution in [3.8, 4) is 0 Å². The number of hydrogen-bond donors (Lipinski definition) is 1. The second kappa shape index (κ2) is 6.22. The van der Waals surface area contributed by atoms with E-state index in [0.717, 1.165) is 5.56 Å². The van der Waals surface area contributed by atoms with Crippen LogP contribution in [0.1, 0.15) is 18.9 Å². The minimum Gasteiger partial charge on any atom is -0.512 e. The second-order valence-electron chi connectivity index (χ2n) is 2.99. The van der Waals surface area contributed by atoms with Gasteiger partial charge in [0.05, 0.1) is 12.4 Å². The minimum absolute atomic E-state index is 0.365. The molecular formula is C12H16O2. The van der Waals surface area contributed by atoms with Crippen LogP contribution in [0, 0.1) is 0 Å². The first-order valence-corrected chi connectivity index (χ1v) is 4.85. The maximum atomic E-state index is 9.51. The first-order chi connectivity index (χ1) is 6.83. The number of rotatable bonds is 5. The zero-order chi connectivity index (χ0) is 10.2. The van der Waals surface area contributed by atoms with Gasteiger partial charge >= 0.3 is 0 Å². The molecule has 1 rings (SSSR count). The lowest BCUT2D eigenvalue weighted by molar-refractivity contribution is 0.142. The van der Waals surface area contributed by atoms with Gasteiger partial charge in [-0.2, -0.15) is 0 Å². The van der Waals surface area contributed by atoms with Crippen LogP contribution < -0.4 is 0 Å². The molecule has 14 heavy (non-hydrogen) atoms. The molecule has 0 amide bonds. The molecule has 0 heterocycles. The zero-order valence-corrected chi connectivity index (χ0v) is 8.44. The Morgan fingerprint density at radius 2 is 2.07 bits per heavy atom. The van der Waals surface area contributed by atoms with Crippen LogP contribution in [-0.4, -0.2) is 18.3 Å². The van der Waals surface area contributed by atoms with Gasteiger partial charge in [0.15, 0.2) is 0 Å². The van der Waals surface area contributed by atoms with Gasteiger partial charge in [-0.15, -0.1) is 0 Å². The lowest BCUT2D eigenvalue weighted by Crippen LogP contribution is -1.94. The van der Waals surface area contributed by atoms with Crippen molar-refractivity contribution >= 4 is 6.08 Å². The van der Waals surface area contributed by atoms with E-state index in [9.17, 15) is 5.11 Å². The summed E-state index contributed by atoms with van der Waals surface area (Å²) in [5.74, 6) is 0.365. The summed E-state index contributed by atoms with van der Waals surface area (Å²) in [6.45, 7) is 3.21. The molecule has 0 aromatic heterocycles. The van der Waals surface area contributed by atoms with Crippen LogP contribution in [0.4, 0.5) is 0 Å². The highest BCUT2D eigenvalue weighted by atomic mass is 16.5. The first-order valence-electron chi connectivity index (χ1n) is 4.85. The van der Waals surface area contributed by atoms with Crippen molar-refractivity contribution in [3.05, 3.63) is 41.7 Å². The van der Waals surface area contributed by atoms with Gasteiger partial charge < -0.3 is 9.84 Å². The van der Waals surface area contributed by atoms with Gasteiger partial charge in [-0.3, -0.25) is 0 Å². The van der Waals surface area contributed by atoms with Crippen molar-refractivity contribution in [2.45, 2.75) is 13.3 Å². The lowest BCUT2D eigenvalue weighted by Gasteiger charge is -2.00. The smallest absolute Gasteiger partial charge is 0.0951 e. The highest BCUT2D eigenvalue weighted by Crippen LogP contribution is 2.06. The van der Waals surface area contributed by atoms with Crippen molar-refractivity contribution in [1.29, 1.82) is 0 Å². The molecule has 1 aromatic rings. The molecule has 1 N–H and O–H groups in total. The number of ether oxygens (including phenoxy) is 1. The number of aliphatic hydroxyl groups is 1. The molecular weight excluding hydrogens is 176 g/mol. The molecule has 0 bridgehead atoms.